The highest BCUT2D eigenvalue weighted by Crippen LogP contribution is 2.24. The summed E-state index contributed by atoms with van der Waals surface area (Å²) in [6.45, 7) is 2.85. The summed E-state index contributed by atoms with van der Waals surface area (Å²) in [5.74, 6) is 0.866. The van der Waals surface area contributed by atoms with E-state index >= 15 is 0 Å². The van der Waals surface area contributed by atoms with Crippen LogP contribution in [0.25, 0.3) is 11.1 Å². The Morgan fingerprint density at radius 1 is 1.21 bits per heavy atom. The number of aryl methyl sites for hydroxylation is 2. The van der Waals surface area contributed by atoms with Gasteiger partial charge in [-0.25, -0.2) is 13.2 Å². The molecule has 2 aromatic heterocycles. The number of rotatable bonds is 2. The van der Waals surface area contributed by atoms with Gasteiger partial charge in [-0.15, -0.1) is 10.2 Å². The molecular formula is C14H15N5O4S. The van der Waals surface area contributed by atoms with Crippen LogP contribution in [-0.4, -0.2) is 38.6 Å². The molecule has 10 heteroatoms. The Labute approximate surface area is 137 Å². The van der Waals surface area contributed by atoms with Gasteiger partial charge < -0.3 is 8.98 Å². The summed E-state index contributed by atoms with van der Waals surface area (Å²) in [6.07, 6.45) is 0. The van der Waals surface area contributed by atoms with E-state index in [9.17, 15) is 13.2 Å². The number of oxazole rings is 1. The van der Waals surface area contributed by atoms with Gasteiger partial charge in [0.1, 0.15) is 11.6 Å². The molecule has 0 bridgehead atoms. The lowest BCUT2D eigenvalue weighted by atomic mass is 10.3. The molecule has 0 saturated carbocycles. The number of hydrogen-bond donors (Lipinski definition) is 0. The van der Waals surface area contributed by atoms with Crippen molar-refractivity contribution in [2.45, 2.75) is 24.9 Å². The Morgan fingerprint density at radius 2 is 2.00 bits per heavy atom. The van der Waals surface area contributed by atoms with E-state index < -0.39 is 15.8 Å². The Morgan fingerprint density at radius 3 is 2.79 bits per heavy atom. The predicted molar refractivity (Wildman–Crippen MR) is 83.8 cm³/mol. The Kier molecular flexibility index (Phi) is 3.15. The third-order valence-corrected chi connectivity index (χ3v) is 6.15. The van der Waals surface area contributed by atoms with Crippen molar-refractivity contribution in [3.63, 3.8) is 0 Å². The molecule has 0 fully saturated rings. The van der Waals surface area contributed by atoms with Crippen molar-refractivity contribution < 1.29 is 12.8 Å². The van der Waals surface area contributed by atoms with Crippen LogP contribution in [0.2, 0.25) is 0 Å². The average molecular weight is 349 g/mol. The van der Waals surface area contributed by atoms with Crippen LogP contribution in [0.3, 0.4) is 0 Å². The zero-order valence-electron chi connectivity index (χ0n) is 13.1. The summed E-state index contributed by atoms with van der Waals surface area (Å²) >= 11 is 0. The molecule has 4 rings (SSSR count). The maximum atomic E-state index is 12.9. The van der Waals surface area contributed by atoms with Crippen molar-refractivity contribution in [1.82, 2.24) is 23.6 Å². The Balaban J connectivity index is 1.74. The molecular weight excluding hydrogens is 334 g/mol. The lowest BCUT2D eigenvalue weighted by Gasteiger charge is -2.26. The molecule has 3 aromatic rings. The summed E-state index contributed by atoms with van der Waals surface area (Å²) in [5, 5.41) is 8.00. The molecule has 0 saturated heterocycles. The van der Waals surface area contributed by atoms with E-state index in [1.165, 1.54) is 21.0 Å². The monoisotopic (exact) mass is 349 g/mol. The number of nitrogens with zero attached hydrogens (tertiary/aromatic N) is 5. The van der Waals surface area contributed by atoms with Crippen LogP contribution in [0.5, 0.6) is 0 Å². The van der Waals surface area contributed by atoms with Crippen molar-refractivity contribution >= 4 is 21.1 Å². The van der Waals surface area contributed by atoms with Crippen molar-refractivity contribution in [3.05, 3.63) is 40.4 Å². The van der Waals surface area contributed by atoms with E-state index in [-0.39, 0.29) is 17.0 Å². The number of aromatic nitrogens is 4. The smallest absolute Gasteiger partial charge is 0.408 e. The summed E-state index contributed by atoms with van der Waals surface area (Å²) in [5.41, 5.74) is 0.799. The molecule has 0 aliphatic carbocycles. The Hall–Kier alpha value is -2.46. The zero-order chi connectivity index (χ0) is 17.1. The second-order valence-electron chi connectivity index (χ2n) is 5.71. The fourth-order valence-corrected chi connectivity index (χ4v) is 4.31. The SMILES string of the molecule is Cc1nnc2n1CCN(S(=O)(=O)c1ccc3c(c1)oc(=O)n3C)C2. The molecule has 1 aliphatic heterocycles. The minimum atomic E-state index is -3.71. The van der Waals surface area contributed by atoms with E-state index in [2.05, 4.69) is 10.2 Å². The first-order chi connectivity index (χ1) is 11.4. The van der Waals surface area contributed by atoms with E-state index in [0.717, 1.165) is 5.82 Å². The third-order valence-electron chi connectivity index (χ3n) is 4.30. The largest absolute Gasteiger partial charge is 0.419 e. The quantitative estimate of drug-likeness (QED) is 0.656. The van der Waals surface area contributed by atoms with Crippen LogP contribution in [0.4, 0.5) is 0 Å². The van der Waals surface area contributed by atoms with Crippen LogP contribution >= 0.6 is 0 Å². The maximum Gasteiger partial charge on any atom is 0.419 e. The van der Waals surface area contributed by atoms with Gasteiger partial charge in [0.05, 0.1) is 17.0 Å². The Bertz CT molecular complexity index is 1110. The molecule has 0 radical (unpaired) electrons. The molecule has 126 valence electrons. The van der Waals surface area contributed by atoms with Crippen molar-refractivity contribution in [2.75, 3.05) is 6.54 Å². The number of sulfonamides is 1. The average Bonchev–Trinajstić information content (AvgIpc) is 3.07. The number of fused-ring (bicyclic) bond motifs is 2. The van der Waals surface area contributed by atoms with Gasteiger partial charge >= 0.3 is 5.76 Å². The summed E-state index contributed by atoms with van der Waals surface area (Å²) in [6, 6.07) is 4.44. The highest BCUT2D eigenvalue weighted by molar-refractivity contribution is 7.89. The van der Waals surface area contributed by atoms with Crippen LogP contribution in [-0.2, 0) is 30.2 Å². The lowest BCUT2D eigenvalue weighted by molar-refractivity contribution is 0.333. The normalized spacial score (nSPS) is 15.8. The third kappa shape index (κ3) is 2.10. The van der Waals surface area contributed by atoms with Gasteiger partial charge in [-0.2, -0.15) is 4.31 Å². The minimum absolute atomic E-state index is 0.0917. The standard InChI is InChI=1S/C14H15N5O4S/c1-9-15-16-13-8-18(5-6-19(9)13)24(21,22)10-3-4-11-12(7-10)23-14(20)17(11)2/h3-4,7H,5-6,8H2,1-2H3. The first-order valence-corrected chi connectivity index (χ1v) is 8.80. The van der Waals surface area contributed by atoms with Gasteiger partial charge in [-0.3, -0.25) is 4.57 Å². The van der Waals surface area contributed by atoms with E-state index in [0.29, 0.717) is 24.4 Å². The van der Waals surface area contributed by atoms with Gasteiger partial charge in [-0.1, -0.05) is 0 Å². The maximum absolute atomic E-state index is 12.9. The van der Waals surface area contributed by atoms with Crippen LogP contribution < -0.4 is 5.76 Å². The van der Waals surface area contributed by atoms with E-state index in [1.54, 1.807) is 13.1 Å². The van der Waals surface area contributed by atoms with Crippen molar-refractivity contribution in [2.24, 2.45) is 7.05 Å². The molecule has 0 atom stereocenters. The zero-order valence-corrected chi connectivity index (χ0v) is 13.9. The molecule has 0 spiro atoms. The highest BCUT2D eigenvalue weighted by atomic mass is 32.2. The lowest BCUT2D eigenvalue weighted by Crippen LogP contribution is -2.38. The van der Waals surface area contributed by atoms with Gasteiger partial charge in [0.25, 0.3) is 0 Å². The highest BCUT2D eigenvalue weighted by Gasteiger charge is 2.30. The fourth-order valence-electron chi connectivity index (χ4n) is 2.91. The molecule has 1 aliphatic rings. The molecule has 0 unspecified atom stereocenters. The van der Waals surface area contributed by atoms with E-state index in [1.807, 2.05) is 11.5 Å². The second-order valence-corrected chi connectivity index (χ2v) is 7.65. The van der Waals surface area contributed by atoms with Crippen LogP contribution in [0.15, 0.2) is 32.3 Å². The van der Waals surface area contributed by atoms with Crippen LogP contribution in [0, 0.1) is 6.92 Å². The summed E-state index contributed by atoms with van der Waals surface area (Å²) < 4.78 is 35.4. The van der Waals surface area contributed by atoms with Gasteiger partial charge in [0.15, 0.2) is 5.58 Å². The molecule has 0 amide bonds. The number of benzene rings is 1. The topological polar surface area (TPSA) is 103 Å². The van der Waals surface area contributed by atoms with Crippen molar-refractivity contribution in [3.8, 4) is 0 Å². The molecule has 1 aromatic carbocycles. The molecule has 0 N–H and O–H groups in total. The first kappa shape index (κ1) is 15.1. The van der Waals surface area contributed by atoms with E-state index in [4.69, 9.17) is 4.42 Å². The summed E-state index contributed by atoms with van der Waals surface area (Å²) in [4.78, 5) is 11.7. The first-order valence-electron chi connectivity index (χ1n) is 7.36. The van der Waals surface area contributed by atoms with Gasteiger partial charge in [0, 0.05) is 26.2 Å². The van der Waals surface area contributed by atoms with Gasteiger partial charge in [0.2, 0.25) is 10.0 Å². The van der Waals surface area contributed by atoms with Crippen LogP contribution in [0.1, 0.15) is 11.6 Å². The summed E-state index contributed by atoms with van der Waals surface area (Å²) in [7, 11) is -2.14. The van der Waals surface area contributed by atoms with Gasteiger partial charge in [-0.05, 0) is 19.1 Å². The fraction of sp³-hybridized carbons (Fsp3) is 0.357. The number of hydrogen-bond acceptors (Lipinski definition) is 6. The molecule has 9 nitrogen and oxygen atoms in total. The molecule has 3 heterocycles. The van der Waals surface area contributed by atoms with Crippen molar-refractivity contribution in [1.29, 1.82) is 0 Å². The second kappa shape index (κ2) is 5.02. The minimum Gasteiger partial charge on any atom is -0.408 e. The predicted octanol–water partition coefficient (Wildman–Crippen LogP) is 0.236. The molecule has 24 heavy (non-hydrogen) atoms.